The SMILES string of the molecule is CC(=O)COCCOCCCC(=O)CCNCCC(=O)NCCOCCOCC(C)=O. The van der Waals surface area contributed by atoms with E-state index in [9.17, 15) is 19.2 Å². The summed E-state index contributed by atoms with van der Waals surface area (Å²) in [5.74, 6) is 0.0213. The summed E-state index contributed by atoms with van der Waals surface area (Å²) >= 11 is 0. The van der Waals surface area contributed by atoms with Crippen LogP contribution < -0.4 is 10.6 Å². The van der Waals surface area contributed by atoms with Gasteiger partial charge in [0.05, 0.1) is 33.0 Å². The van der Waals surface area contributed by atoms with Gasteiger partial charge in [-0.1, -0.05) is 0 Å². The molecule has 0 fully saturated rings. The molecule has 0 aliphatic rings. The third kappa shape index (κ3) is 24.4. The highest BCUT2D eigenvalue weighted by Gasteiger charge is 2.04. The Hall–Kier alpha value is -1.72. The summed E-state index contributed by atoms with van der Waals surface area (Å²) in [6.07, 6.45) is 1.85. The first-order valence-corrected chi connectivity index (χ1v) is 10.7. The molecule has 0 aliphatic carbocycles. The fourth-order valence-electron chi connectivity index (χ4n) is 2.27. The van der Waals surface area contributed by atoms with Gasteiger partial charge < -0.3 is 29.6 Å². The molecule has 0 aromatic carbocycles. The smallest absolute Gasteiger partial charge is 0.221 e. The topological polar surface area (TPSA) is 129 Å². The Morgan fingerprint density at radius 3 is 1.77 bits per heavy atom. The van der Waals surface area contributed by atoms with Gasteiger partial charge in [-0.3, -0.25) is 19.2 Å². The van der Waals surface area contributed by atoms with E-state index in [-0.39, 0.29) is 36.5 Å². The van der Waals surface area contributed by atoms with E-state index in [1.807, 2.05) is 0 Å². The van der Waals surface area contributed by atoms with Crippen molar-refractivity contribution in [2.45, 2.75) is 39.5 Å². The van der Waals surface area contributed by atoms with Gasteiger partial charge in [0, 0.05) is 45.5 Å². The highest BCUT2D eigenvalue weighted by atomic mass is 16.5. The molecule has 2 N–H and O–H groups in total. The van der Waals surface area contributed by atoms with Gasteiger partial charge in [0.25, 0.3) is 0 Å². The first-order chi connectivity index (χ1) is 14.9. The molecule has 0 radical (unpaired) electrons. The summed E-state index contributed by atoms with van der Waals surface area (Å²) in [6, 6.07) is 0. The van der Waals surface area contributed by atoms with Crippen LogP contribution in [0.25, 0.3) is 0 Å². The lowest BCUT2D eigenvalue weighted by atomic mass is 10.2. The third-order valence-electron chi connectivity index (χ3n) is 3.78. The van der Waals surface area contributed by atoms with Crippen LogP contribution in [0.2, 0.25) is 0 Å². The van der Waals surface area contributed by atoms with Crippen LogP contribution in [-0.4, -0.2) is 95.7 Å². The number of nitrogens with one attached hydrogen (secondary N) is 2. The van der Waals surface area contributed by atoms with Crippen molar-refractivity contribution in [3.63, 3.8) is 0 Å². The van der Waals surface area contributed by atoms with E-state index in [2.05, 4.69) is 10.6 Å². The first kappa shape index (κ1) is 29.3. The van der Waals surface area contributed by atoms with Crippen LogP contribution in [0, 0.1) is 0 Å². The maximum atomic E-state index is 11.8. The molecule has 0 heterocycles. The molecule has 0 spiro atoms. The maximum Gasteiger partial charge on any atom is 0.221 e. The maximum absolute atomic E-state index is 11.8. The fourth-order valence-corrected chi connectivity index (χ4v) is 2.27. The molecule has 0 bridgehead atoms. The monoisotopic (exact) mass is 446 g/mol. The number of rotatable bonds is 23. The van der Waals surface area contributed by atoms with Crippen LogP contribution in [0.5, 0.6) is 0 Å². The summed E-state index contributed by atoms with van der Waals surface area (Å²) in [6.45, 7) is 6.93. The fraction of sp³-hybridized carbons (Fsp3) is 0.810. The number of carbonyl (C=O) groups is 4. The average molecular weight is 447 g/mol. The number of amides is 1. The quantitative estimate of drug-likeness (QED) is 0.209. The van der Waals surface area contributed by atoms with E-state index in [1.165, 1.54) is 13.8 Å². The Labute approximate surface area is 184 Å². The summed E-state index contributed by atoms with van der Waals surface area (Å²) in [5.41, 5.74) is 0. The van der Waals surface area contributed by atoms with Gasteiger partial charge in [-0.25, -0.2) is 0 Å². The molecule has 0 aromatic heterocycles. The van der Waals surface area contributed by atoms with Crippen molar-refractivity contribution in [1.82, 2.24) is 10.6 Å². The second-order valence-electron chi connectivity index (χ2n) is 6.98. The van der Waals surface area contributed by atoms with Crippen molar-refractivity contribution in [3.8, 4) is 0 Å². The highest BCUT2D eigenvalue weighted by molar-refractivity contribution is 5.78. The Morgan fingerprint density at radius 2 is 1.16 bits per heavy atom. The number of ketones is 3. The molecular weight excluding hydrogens is 408 g/mol. The molecule has 0 unspecified atom stereocenters. The molecule has 10 nitrogen and oxygen atoms in total. The molecule has 0 saturated carbocycles. The Morgan fingerprint density at radius 1 is 0.613 bits per heavy atom. The zero-order valence-corrected chi connectivity index (χ0v) is 18.9. The molecule has 180 valence electrons. The van der Waals surface area contributed by atoms with E-state index in [1.54, 1.807) is 0 Å². The van der Waals surface area contributed by atoms with Gasteiger partial charge in [0.15, 0.2) is 11.6 Å². The van der Waals surface area contributed by atoms with E-state index < -0.39 is 0 Å². The zero-order valence-electron chi connectivity index (χ0n) is 18.9. The van der Waals surface area contributed by atoms with Gasteiger partial charge in [-0.2, -0.15) is 0 Å². The predicted octanol–water partition coefficient (Wildman–Crippen LogP) is 0.0661. The van der Waals surface area contributed by atoms with Gasteiger partial charge in [0.2, 0.25) is 5.91 Å². The van der Waals surface area contributed by atoms with Gasteiger partial charge >= 0.3 is 0 Å². The van der Waals surface area contributed by atoms with E-state index in [0.717, 1.165) is 0 Å². The van der Waals surface area contributed by atoms with Crippen molar-refractivity contribution >= 4 is 23.3 Å². The van der Waals surface area contributed by atoms with Crippen molar-refractivity contribution in [2.24, 2.45) is 0 Å². The molecule has 0 rings (SSSR count). The number of carbonyl (C=O) groups excluding carboxylic acids is 4. The van der Waals surface area contributed by atoms with Crippen LogP contribution in [0.1, 0.15) is 39.5 Å². The first-order valence-electron chi connectivity index (χ1n) is 10.7. The van der Waals surface area contributed by atoms with Gasteiger partial charge in [-0.15, -0.1) is 0 Å². The highest BCUT2D eigenvalue weighted by Crippen LogP contribution is 1.96. The molecular formula is C21H38N2O8. The lowest BCUT2D eigenvalue weighted by Crippen LogP contribution is -2.31. The number of hydrogen-bond donors (Lipinski definition) is 2. The number of hydrogen-bond acceptors (Lipinski definition) is 9. The Kier molecular flexibility index (Phi) is 20.3. The van der Waals surface area contributed by atoms with Crippen LogP contribution >= 0.6 is 0 Å². The molecule has 0 aliphatic heterocycles. The van der Waals surface area contributed by atoms with E-state index in [4.69, 9.17) is 18.9 Å². The number of ether oxygens (including phenoxy) is 4. The molecule has 1 amide bonds. The van der Waals surface area contributed by atoms with Crippen LogP contribution in [0.15, 0.2) is 0 Å². The van der Waals surface area contributed by atoms with Crippen LogP contribution in [-0.2, 0) is 38.1 Å². The van der Waals surface area contributed by atoms with Crippen molar-refractivity contribution in [2.75, 3.05) is 72.5 Å². The van der Waals surface area contributed by atoms with Crippen molar-refractivity contribution < 1.29 is 38.1 Å². The lowest BCUT2D eigenvalue weighted by Gasteiger charge is -2.08. The van der Waals surface area contributed by atoms with Gasteiger partial charge in [0.1, 0.15) is 19.0 Å². The second kappa shape index (κ2) is 21.5. The average Bonchev–Trinajstić information content (AvgIpc) is 2.71. The molecule has 10 heteroatoms. The molecule has 0 aromatic rings. The van der Waals surface area contributed by atoms with Gasteiger partial charge in [-0.05, 0) is 20.3 Å². The third-order valence-corrected chi connectivity index (χ3v) is 3.78. The largest absolute Gasteiger partial charge is 0.379 e. The summed E-state index contributed by atoms with van der Waals surface area (Å²) in [5, 5.41) is 5.83. The number of Topliss-reactive ketones (excluding diaryl/α,β-unsaturated/α-hetero) is 3. The minimum atomic E-state index is -0.0836. The Bertz CT molecular complexity index is 470. The minimum Gasteiger partial charge on any atom is -0.379 e. The summed E-state index contributed by atoms with van der Waals surface area (Å²) in [4.78, 5) is 44.8. The zero-order chi connectivity index (χ0) is 23.2. The summed E-state index contributed by atoms with van der Waals surface area (Å²) in [7, 11) is 0. The van der Waals surface area contributed by atoms with E-state index >= 15 is 0 Å². The minimum absolute atomic E-state index is 0.0185. The predicted molar refractivity (Wildman–Crippen MR) is 114 cm³/mol. The van der Waals surface area contributed by atoms with E-state index in [0.29, 0.717) is 85.0 Å². The lowest BCUT2D eigenvalue weighted by molar-refractivity contribution is -0.123. The summed E-state index contributed by atoms with van der Waals surface area (Å²) < 4.78 is 20.7. The van der Waals surface area contributed by atoms with Crippen molar-refractivity contribution in [1.29, 1.82) is 0 Å². The molecule has 0 saturated heterocycles. The molecule has 31 heavy (non-hydrogen) atoms. The van der Waals surface area contributed by atoms with Crippen LogP contribution in [0.3, 0.4) is 0 Å². The Balaban J connectivity index is 3.33. The normalized spacial score (nSPS) is 10.8. The standard InChI is InChI=1S/C21H38N2O8/c1-18(24)16-30-14-12-28-10-3-4-20(26)5-7-22-8-6-21(27)23-9-11-29-13-15-31-17-19(2)25/h22H,3-17H2,1-2H3,(H,23,27). The van der Waals surface area contributed by atoms with Crippen LogP contribution in [0.4, 0.5) is 0 Å². The van der Waals surface area contributed by atoms with Crippen molar-refractivity contribution in [3.05, 3.63) is 0 Å². The second-order valence-corrected chi connectivity index (χ2v) is 6.98. The molecule has 0 atom stereocenters.